The van der Waals surface area contributed by atoms with E-state index in [-0.39, 0.29) is 18.9 Å². The normalized spacial score (nSPS) is 35.3. The van der Waals surface area contributed by atoms with Gasteiger partial charge in [0, 0.05) is 0 Å². The van der Waals surface area contributed by atoms with Crippen LogP contribution in [-0.2, 0) is 0 Å². The first-order valence-corrected chi connectivity index (χ1v) is 3.49. The monoisotopic (exact) mass is 119 g/mol. The Morgan fingerprint density at radius 2 is 1.56 bits per heavy atom. The van der Waals surface area contributed by atoms with Crippen LogP contribution in [0.25, 0.3) is 5.32 Å². The van der Waals surface area contributed by atoms with Crippen LogP contribution in [0.4, 0.5) is 0 Å². The molecule has 1 aliphatic rings. The van der Waals surface area contributed by atoms with Crippen LogP contribution in [0.1, 0.15) is 33.1 Å². The summed E-state index contributed by atoms with van der Waals surface area (Å²) in [5, 5.41) is 4.48. The van der Waals surface area contributed by atoms with Gasteiger partial charge in [-0.05, 0) is 0 Å². The maximum Gasteiger partial charge on any atom is 1.00 e. The molecule has 0 aromatic carbocycles. The van der Waals surface area contributed by atoms with Gasteiger partial charge in [-0.25, -0.2) is 0 Å². The van der Waals surface area contributed by atoms with E-state index in [4.69, 9.17) is 0 Å². The van der Waals surface area contributed by atoms with Gasteiger partial charge in [-0.1, -0.05) is 33.1 Å². The number of rotatable bonds is 0. The molecule has 0 amide bonds. The molecule has 1 nitrogen and oxygen atoms in total. The third-order valence-electron chi connectivity index (χ3n) is 1.75. The summed E-state index contributed by atoms with van der Waals surface area (Å²) in [5.41, 5.74) is 0. The van der Waals surface area contributed by atoms with Crippen molar-refractivity contribution in [2.75, 3.05) is 0 Å². The standard InChI is InChI=1S/C7H14N.Li/c1-6-4-3-5-7(2)8-6;/h6-7H,3-5H2,1-2H3;/q-1;+1. The minimum atomic E-state index is 0. The Labute approximate surface area is 69.8 Å². The molecular weight excluding hydrogens is 105 g/mol. The molecular formula is C7H14LiN. The second kappa shape index (κ2) is 4.39. The first-order chi connectivity index (χ1) is 3.79. The molecule has 0 spiro atoms. The van der Waals surface area contributed by atoms with Crippen molar-refractivity contribution in [3.8, 4) is 0 Å². The Balaban J connectivity index is 0.000000640. The Hall–Kier alpha value is 0.557. The van der Waals surface area contributed by atoms with Crippen LogP contribution in [0, 0.1) is 0 Å². The van der Waals surface area contributed by atoms with Gasteiger partial charge in [-0.15, -0.1) is 12.1 Å². The fourth-order valence-electron chi connectivity index (χ4n) is 1.29. The molecule has 0 saturated carbocycles. The number of piperidine rings is 1. The van der Waals surface area contributed by atoms with Crippen LogP contribution in [0.5, 0.6) is 0 Å². The average Bonchev–Trinajstić information content (AvgIpc) is 1.64. The van der Waals surface area contributed by atoms with Crippen molar-refractivity contribution in [2.45, 2.75) is 45.2 Å². The van der Waals surface area contributed by atoms with E-state index in [9.17, 15) is 0 Å². The molecule has 9 heavy (non-hydrogen) atoms. The van der Waals surface area contributed by atoms with E-state index in [1.54, 1.807) is 0 Å². The summed E-state index contributed by atoms with van der Waals surface area (Å²) in [6.45, 7) is 4.41. The maximum atomic E-state index is 4.48. The molecule has 1 saturated heterocycles. The largest absolute Gasteiger partial charge is 1.00 e. The van der Waals surface area contributed by atoms with Crippen LogP contribution < -0.4 is 18.9 Å². The van der Waals surface area contributed by atoms with Crippen LogP contribution in [0.15, 0.2) is 0 Å². The summed E-state index contributed by atoms with van der Waals surface area (Å²) in [5.74, 6) is 0. The van der Waals surface area contributed by atoms with Gasteiger partial charge >= 0.3 is 18.9 Å². The van der Waals surface area contributed by atoms with Crippen molar-refractivity contribution in [3.05, 3.63) is 5.32 Å². The van der Waals surface area contributed by atoms with Crippen LogP contribution in [-0.4, -0.2) is 12.1 Å². The van der Waals surface area contributed by atoms with Crippen LogP contribution in [0.3, 0.4) is 0 Å². The molecule has 0 N–H and O–H groups in total. The molecule has 2 atom stereocenters. The van der Waals surface area contributed by atoms with Crippen molar-refractivity contribution < 1.29 is 18.9 Å². The van der Waals surface area contributed by atoms with E-state index >= 15 is 0 Å². The predicted molar refractivity (Wildman–Crippen MR) is 36.1 cm³/mol. The van der Waals surface area contributed by atoms with E-state index in [1.165, 1.54) is 19.3 Å². The summed E-state index contributed by atoms with van der Waals surface area (Å²) < 4.78 is 0. The third kappa shape index (κ3) is 3.30. The van der Waals surface area contributed by atoms with Gasteiger partial charge in [0.15, 0.2) is 0 Å². The molecule has 2 heteroatoms. The van der Waals surface area contributed by atoms with Gasteiger partial charge < -0.3 is 5.32 Å². The summed E-state index contributed by atoms with van der Waals surface area (Å²) in [6, 6.07) is 1.28. The van der Waals surface area contributed by atoms with Gasteiger partial charge in [0.05, 0.1) is 0 Å². The van der Waals surface area contributed by atoms with E-state index in [0.717, 1.165) is 0 Å². The van der Waals surface area contributed by atoms with Crippen molar-refractivity contribution in [1.82, 2.24) is 0 Å². The Morgan fingerprint density at radius 3 is 1.78 bits per heavy atom. The second-order valence-corrected chi connectivity index (χ2v) is 2.78. The zero-order chi connectivity index (χ0) is 5.98. The van der Waals surface area contributed by atoms with Gasteiger partial charge in [0.2, 0.25) is 0 Å². The quantitative estimate of drug-likeness (QED) is 0.375. The molecule has 2 unspecified atom stereocenters. The van der Waals surface area contributed by atoms with Crippen molar-refractivity contribution in [1.29, 1.82) is 0 Å². The van der Waals surface area contributed by atoms with Crippen molar-refractivity contribution in [3.63, 3.8) is 0 Å². The van der Waals surface area contributed by atoms with Gasteiger partial charge in [-0.3, -0.25) is 0 Å². The second-order valence-electron chi connectivity index (χ2n) is 2.78. The average molecular weight is 119 g/mol. The molecule has 0 bridgehead atoms. The minimum absolute atomic E-state index is 0. The molecule has 48 valence electrons. The summed E-state index contributed by atoms with van der Waals surface area (Å²) in [6.07, 6.45) is 4.00. The van der Waals surface area contributed by atoms with E-state index in [1.807, 2.05) is 0 Å². The zero-order valence-electron chi connectivity index (χ0n) is 6.72. The Bertz CT molecular complexity index is 67.3. The summed E-state index contributed by atoms with van der Waals surface area (Å²) in [7, 11) is 0. The predicted octanol–water partition coefficient (Wildman–Crippen LogP) is -0.675. The first kappa shape index (κ1) is 9.56. The van der Waals surface area contributed by atoms with Gasteiger partial charge in [0.25, 0.3) is 0 Å². The van der Waals surface area contributed by atoms with Crippen LogP contribution >= 0.6 is 0 Å². The van der Waals surface area contributed by atoms with E-state index in [0.29, 0.717) is 12.1 Å². The fourth-order valence-corrected chi connectivity index (χ4v) is 1.29. The molecule has 0 radical (unpaired) electrons. The van der Waals surface area contributed by atoms with Crippen LogP contribution in [0.2, 0.25) is 0 Å². The Kier molecular flexibility index (Phi) is 4.66. The smallest absolute Gasteiger partial charge is 0.657 e. The number of hydrogen-bond donors (Lipinski definition) is 0. The van der Waals surface area contributed by atoms with Gasteiger partial charge in [-0.2, -0.15) is 0 Å². The molecule has 1 rings (SSSR count). The molecule has 0 aliphatic carbocycles. The number of nitrogens with zero attached hydrogens (tertiary/aromatic N) is 1. The topological polar surface area (TPSA) is 14.1 Å². The molecule has 1 aliphatic heterocycles. The van der Waals surface area contributed by atoms with Gasteiger partial charge in [0.1, 0.15) is 0 Å². The molecule has 0 aromatic rings. The molecule has 0 aromatic heterocycles. The maximum absolute atomic E-state index is 4.48. The zero-order valence-corrected chi connectivity index (χ0v) is 6.72. The SMILES string of the molecule is CC1CCCC(C)[N-]1.[Li+]. The summed E-state index contributed by atoms with van der Waals surface area (Å²) in [4.78, 5) is 0. The third-order valence-corrected chi connectivity index (χ3v) is 1.75. The fraction of sp³-hybridized carbons (Fsp3) is 1.00. The number of hydrogen-bond acceptors (Lipinski definition) is 0. The first-order valence-electron chi connectivity index (χ1n) is 3.49. The van der Waals surface area contributed by atoms with E-state index < -0.39 is 0 Å². The van der Waals surface area contributed by atoms with Crippen molar-refractivity contribution >= 4 is 0 Å². The minimum Gasteiger partial charge on any atom is -0.657 e. The molecule has 1 fully saturated rings. The molecule has 1 heterocycles. The van der Waals surface area contributed by atoms with Crippen molar-refractivity contribution in [2.24, 2.45) is 0 Å². The summed E-state index contributed by atoms with van der Waals surface area (Å²) >= 11 is 0. The Morgan fingerprint density at radius 1 is 1.11 bits per heavy atom. The van der Waals surface area contributed by atoms with E-state index in [2.05, 4.69) is 19.2 Å².